The van der Waals surface area contributed by atoms with E-state index in [9.17, 15) is 27.5 Å². The lowest BCUT2D eigenvalue weighted by molar-refractivity contribution is -0.143. The lowest BCUT2D eigenvalue weighted by Gasteiger charge is -2.43. The number of fused-ring (bicyclic) bond motifs is 1. The predicted octanol–water partition coefficient (Wildman–Crippen LogP) is 4.76. The molecule has 4 aromatic rings. The first-order chi connectivity index (χ1) is 20.5. The zero-order valence-corrected chi connectivity index (χ0v) is 24.0. The van der Waals surface area contributed by atoms with Crippen molar-refractivity contribution in [3.63, 3.8) is 0 Å². The van der Waals surface area contributed by atoms with E-state index in [2.05, 4.69) is 10.1 Å². The number of methoxy groups -OCH3 is 2. The van der Waals surface area contributed by atoms with E-state index in [1.807, 2.05) is 4.90 Å². The van der Waals surface area contributed by atoms with Crippen LogP contribution >= 0.6 is 0 Å². The van der Waals surface area contributed by atoms with Crippen LogP contribution in [-0.4, -0.2) is 81.9 Å². The summed E-state index contributed by atoms with van der Waals surface area (Å²) in [6, 6.07) is 9.54. The summed E-state index contributed by atoms with van der Waals surface area (Å²) >= 11 is 0. The number of aromatic nitrogens is 3. The molecular formula is C30H31F4N5O4. The molecule has 5 rings (SSSR count). The molecule has 0 spiro atoms. The molecule has 13 heteroatoms. The van der Waals surface area contributed by atoms with Gasteiger partial charge in [0.2, 0.25) is 0 Å². The second-order valence-electron chi connectivity index (χ2n) is 10.4. The van der Waals surface area contributed by atoms with Gasteiger partial charge in [-0.15, -0.1) is 0 Å². The van der Waals surface area contributed by atoms with Crippen LogP contribution in [-0.2, 0) is 6.18 Å². The molecule has 0 aliphatic carbocycles. The van der Waals surface area contributed by atoms with E-state index in [1.54, 1.807) is 36.1 Å². The van der Waals surface area contributed by atoms with Gasteiger partial charge in [-0.1, -0.05) is 0 Å². The molecule has 43 heavy (non-hydrogen) atoms. The highest BCUT2D eigenvalue weighted by atomic mass is 19.4. The Morgan fingerprint density at radius 1 is 1.12 bits per heavy atom. The van der Waals surface area contributed by atoms with E-state index in [0.29, 0.717) is 40.2 Å². The second-order valence-corrected chi connectivity index (χ2v) is 10.4. The Bertz CT molecular complexity index is 1640. The maximum Gasteiger partial charge on any atom is 0.433 e. The normalized spacial score (nSPS) is 16.9. The summed E-state index contributed by atoms with van der Waals surface area (Å²) in [6.45, 7) is 3.64. The fourth-order valence-corrected chi connectivity index (χ4v) is 5.69. The number of rotatable bonds is 7. The van der Waals surface area contributed by atoms with Gasteiger partial charge in [0.25, 0.3) is 5.91 Å². The monoisotopic (exact) mass is 601 g/mol. The summed E-state index contributed by atoms with van der Waals surface area (Å²) in [6.07, 6.45) is -3.65. The van der Waals surface area contributed by atoms with Crippen LogP contribution in [0.4, 0.5) is 17.6 Å². The molecule has 1 aliphatic heterocycles. The lowest BCUT2D eigenvalue weighted by atomic mass is 10.0. The highest BCUT2D eigenvalue weighted by molar-refractivity contribution is 6.00. The van der Waals surface area contributed by atoms with Crippen molar-refractivity contribution in [2.75, 3.05) is 40.5 Å². The number of aliphatic hydroxyl groups excluding tert-OH is 1. The van der Waals surface area contributed by atoms with Crippen LogP contribution in [0.3, 0.4) is 0 Å². The lowest BCUT2D eigenvalue weighted by Crippen LogP contribution is -2.55. The number of aliphatic hydroxyl groups is 1. The minimum absolute atomic E-state index is 0.0638. The molecule has 228 valence electrons. The summed E-state index contributed by atoms with van der Waals surface area (Å²) in [7, 11) is 2.94. The largest absolute Gasteiger partial charge is 0.497 e. The van der Waals surface area contributed by atoms with Crippen molar-refractivity contribution in [1.29, 1.82) is 0 Å². The Morgan fingerprint density at radius 3 is 2.44 bits per heavy atom. The van der Waals surface area contributed by atoms with Crippen molar-refractivity contribution < 1.29 is 36.9 Å². The number of alkyl halides is 3. The van der Waals surface area contributed by atoms with E-state index in [-0.39, 0.29) is 35.6 Å². The summed E-state index contributed by atoms with van der Waals surface area (Å²) < 4.78 is 68.3. The van der Waals surface area contributed by atoms with Crippen molar-refractivity contribution in [2.45, 2.75) is 32.1 Å². The van der Waals surface area contributed by atoms with Gasteiger partial charge in [-0.3, -0.25) is 9.69 Å². The van der Waals surface area contributed by atoms with Gasteiger partial charge < -0.3 is 19.5 Å². The molecule has 0 bridgehead atoms. The quantitative estimate of drug-likeness (QED) is 0.306. The standard InChI is InChI=1S/C30H31F4N5O4/c1-17-15-37(24(16-40)22-13-20(31)7-10-25(22)43-4)11-12-38(17)29(41)23-14-35-39-27(30(32,33)34)18(2)26(36-28(23)39)19-5-8-21(42-3)9-6-19/h5-10,13-14,17,24,40H,11-12,15-16H2,1-4H3/t17-,24?/m1/s1. The fourth-order valence-electron chi connectivity index (χ4n) is 5.69. The molecular weight excluding hydrogens is 570 g/mol. The molecule has 0 radical (unpaired) electrons. The second kappa shape index (κ2) is 11.8. The Labute approximate surface area is 245 Å². The van der Waals surface area contributed by atoms with Crippen molar-refractivity contribution in [3.8, 4) is 22.8 Å². The van der Waals surface area contributed by atoms with Crippen LogP contribution in [0.15, 0.2) is 48.7 Å². The molecule has 3 heterocycles. The van der Waals surface area contributed by atoms with Crippen molar-refractivity contribution in [3.05, 3.63) is 76.9 Å². The summed E-state index contributed by atoms with van der Waals surface area (Å²) in [5, 5.41) is 14.2. The third-order valence-corrected chi connectivity index (χ3v) is 7.83. The Balaban J connectivity index is 1.48. The number of carbonyl (C=O) groups excluding carboxylic acids is 1. The number of piperazine rings is 1. The number of benzene rings is 2. The number of halogens is 4. The van der Waals surface area contributed by atoms with Crippen LogP contribution in [0.1, 0.15) is 40.1 Å². The number of carbonyl (C=O) groups is 1. The first kappa shape index (κ1) is 30.2. The van der Waals surface area contributed by atoms with E-state index < -0.39 is 35.7 Å². The SMILES string of the molecule is COc1ccc(-c2nc3c(C(=O)N4CCN(C(CO)c5cc(F)ccc5OC)C[C@H]4C)cnn3c(C(F)(F)F)c2C)cc1. The first-order valence-corrected chi connectivity index (χ1v) is 13.6. The van der Waals surface area contributed by atoms with Crippen LogP contribution < -0.4 is 9.47 Å². The van der Waals surface area contributed by atoms with E-state index in [1.165, 1.54) is 39.3 Å². The average Bonchev–Trinajstić information content (AvgIpc) is 3.39. The number of ether oxygens (including phenoxy) is 2. The smallest absolute Gasteiger partial charge is 0.433 e. The predicted molar refractivity (Wildman–Crippen MR) is 150 cm³/mol. The van der Waals surface area contributed by atoms with E-state index in [4.69, 9.17) is 9.47 Å². The zero-order valence-electron chi connectivity index (χ0n) is 24.0. The third-order valence-electron chi connectivity index (χ3n) is 7.83. The third kappa shape index (κ3) is 5.62. The molecule has 1 N–H and O–H groups in total. The number of hydrogen-bond acceptors (Lipinski definition) is 7. The molecule has 2 aromatic carbocycles. The molecule has 1 saturated heterocycles. The van der Waals surface area contributed by atoms with Gasteiger partial charge in [-0.25, -0.2) is 13.9 Å². The zero-order chi connectivity index (χ0) is 31.1. The van der Waals surface area contributed by atoms with E-state index >= 15 is 0 Å². The number of nitrogens with zero attached hydrogens (tertiary/aromatic N) is 5. The average molecular weight is 602 g/mol. The van der Waals surface area contributed by atoms with Gasteiger partial charge in [0, 0.05) is 42.4 Å². The minimum Gasteiger partial charge on any atom is -0.497 e. The summed E-state index contributed by atoms with van der Waals surface area (Å²) in [5.41, 5.74) is -0.440. The maximum absolute atomic E-state index is 14.3. The fraction of sp³-hybridized carbons (Fsp3) is 0.367. The molecule has 1 aliphatic rings. The minimum atomic E-state index is -4.77. The molecule has 1 amide bonds. The van der Waals surface area contributed by atoms with Crippen molar-refractivity contribution in [1.82, 2.24) is 24.4 Å². The first-order valence-electron chi connectivity index (χ1n) is 13.6. The summed E-state index contributed by atoms with van der Waals surface area (Å²) in [4.78, 5) is 21.8. The summed E-state index contributed by atoms with van der Waals surface area (Å²) in [5.74, 6) is -0.0333. The van der Waals surface area contributed by atoms with Gasteiger partial charge >= 0.3 is 6.18 Å². The topological polar surface area (TPSA) is 92.4 Å². The molecule has 2 aromatic heterocycles. The van der Waals surface area contributed by atoms with Gasteiger partial charge in [-0.2, -0.15) is 18.3 Å². The molecule has 0 saturated carbocycles. The van der Waals surface area contributed by atoms with Crippen LogP contribution in [0.2, 0.25) is 0 Å². The van der Waals surface area contributed by atoms with Gasteiger partial charge in [0.05, 0.1) is 38.8 Å². The van der Waals surface area contributed by atoms with E-state index in [0.717, 1.165) is 6.20 Å². The highest BCUT2D eigenvalue weighted by Crippen LogP contribution is 2.37. The van der Waals surface area contributed by atoms with Crippen LogP contribution in [0, 0.1) is 12.7 Å². The number of amides is 1. The van der Waals surface area contributed by atoms with Crippen molar-refractivity contribution >= 4 is 11.6 Å². The molecule has 2 atom stereocenters. The molecule has 9 nitrogen and oxygen atoms in total. The van der Waals surface area contributed by atoms with Crippen molar-refractivity contribution in [2.24, 2.45) is 0 Å². The van der Waals surface area contributed by atoms with Gasteiger partial charge in [0.1, 0.15) is 22.9 Å². The van der Waals surface area contributed by atoms with Gasteiger partial charge in [-0.05, 0) is 56.3 Å². The molecule has 1 unspecified atom stereocenters. The maximum atomic E-state index is 14.3. The Kier molecular flexibility index (Phi) is 8.30. The molecule has 1 fully saturated rings. The highest BCUT2D eigenvalue weighted by Gasteiger charge is 2.40. The Morgan fingerprint density at radius 2 is 1.84 bits per heavy atom. The Hall–Kier alpha value is -4.23. The van der Waals surface area contributed by atoms with Crippen LogP contribution in [0.25, 0.3) is 16.9 Å². The van der Waals surface area contributed by atoms with Crippen LogP contribution in [0.5, 0.6) is 11.5 Å². The van der Waals surface area contributed by atoms with Gasteiger partial charge in [0.15, 0.2) is 11.3 Å². The number of hydrogen-bond donors (Lipinski definition) is 1.